The van der Waals surface area contributed by atoms with Crippen LogP contribution in [0.15, 0.2) is 53.4 Å². The standard InChI is InChI=1S/C24H30N2O5S/c1-4-21(20-8-6-5-7-9-20)24(28)31-17-23(27)25-12-14-26(15-13-25)32(29,30)22-11-10-18(2)16-19(22)3/h5-11,16,21H,4,12-15,17H2,1-3H3/t21-/m1/s1. The molecule has 1 heterocycles. The van der Waals surface area contributed by atoms with Crippen molar-refractivity contribution in [2.24, 2.45) is 0 Å². The molecule has 3 rings (SSSR count). The van der Waals surface area contributed by atoms with Crippen LogP contribution in [0.5, 0.6) is 0 Å². The molecule has 32 heavy (non-hydrogen) atoms. The lowest BCUT2D eigenvalue weighted by molar-refractivity contribution is -0.153. The highest BCUT2D eigenvalue weighted by Gasteiger charge is 2.31. The average Bonchev–Trinajstić information content (AvgIpc) is 2.78. The Hall–Kier alpha value is -2.71. The maximum absolute atomic E-state index is 13.0. The topological polar surface area (TPSA) is 84.0 Å². The second-order valence-corrected chi connectivity index (χ2v) is 9.94. The van der Waals surface area contributed by atoms with Gasteiger partial charge in [0.25, 0.3) is 5.91 Å². The van der Waals surface area contributed by atoms with Crippen molar-refractivity contribution in [1.82, 2.24) is 9.21 Å². The molecule has 1 aliphatic heterocycles. The third-order valence-corrected chi connectivity index (χ3v) is 7.83. The first kappa shape index (κ1) is 23.9. The van der Waals surface area contributed by atoms with Gasteiger partial charge in [0.1, 0.15) is 0 Å². The highest BCUT2D eigenvalue weighted by Crippen LogP contribution is 2.23. The van der Waals surface area contributed by atoms with Gasteiger partial charge in [0.05, 0.1) is 10.8 Å². The number of amides is 1. The second kappa shape index (κ2) is 10.3. The monoisotopic (exact) mass is 458 g/mol. The smallest absolute Gasteiger partial charge is 0.313 e. The van der Waals surface area contributed by atoms with Crippen LogP contribution in [0.2, 0.25) is 0 Å². The van der Waals surface area contributed by atoms with Gasteiger partial charge >= 0.3 is 5.97 Å². The third-order valence-electron chi connectivity index (χ3n) is 5.77. The molecule has 2 aromatic rings. The summed E-state index contributed by atoms with van der Waals surface area (Å²) in [5.74, 6) is -1.16. The number of aryl methyl sites for hydroxylation is 2. The van der Waals surface area contributed by atoms with E-state index < -0.39 is 21.9 Å². The summed E-state index contributed by atoms with van der Waals surface area (Å²) in [6.07, 6.45) is 0.575. The number of carbonyl (C=O) groups is 2. The molecule has 0 aliphatic carbocycles. The first-order chi connectivity index (χ1) is 15.2. The summed E-state index contributed by atoms with van der Waals surface area (Å²) in [5.41, 5.74) is 2.57. The van der Waals surface area contributed by atoms with Gasteiger partial charge in [-0.15, -0.1) is 0 Å². The van der Waals surface area contributed by atoms with Gasteiger partial charge in [0.15, 0.2) is 6.61 Å². The first-order valence-electron chi connectivity index (χ1n) is 10.8. The van der Waals surface area contributed by atoms with Crippen molar-refractivity contribution < 1.29 is 22.7 Å². The highest BCUT2D eigenvalue weighted by molar-refractivity contribution is 7.89. The van der Waals surface area contributed by atoms with E-state index in [4.69, 9.17) is 4.74 Å². The molecular weight excluding hydrogens is 428 g/mol. The summed E-state index contributed by atoms with van der Waals surface area (Å²) in [5, 5.41) is 0. The summed E-state index contributed by atoms with van der Waals surface area (Å²) in [6.45, 7) is 6.19. The van der Waals surface area contributed by atoms with Gasteiger partial charge in [-0.25, -0.2) is 8.42 Å². The van der Waals surface area contributed by atoms with Gasteiger partial charge in [-0.1, -0.05) is 55.0 Å². The van der Waals surface area contributed by atoms with E-state index in [2.05, 4.69) is 0 Å². The molecule has 0 spiro atoms. The van der Waals surface area contributed by atoms with E-state index >= 15 is 0 Å². The number of rotatable bonds is 7. The van der Waals surface area contributed by atoms with Crippen LogP contribution in [-0.2, 0) is 24.3 Å². The molecule has 0 radical (unpaired) electrons. The molecule has 0 N–H and O–H groups in total. The Morgan fingerprint density at radius 1 is 1.00 bits per heavy atom. The summed E-state index contributed by atoms with van der Waals surface area (Å²) in [4.78, 5) is 26.9. The van der Waals surface area contributed by atoms with Gasteiger partial charge in [-0.05, 0) is 37.5 Å². The van der Waals surface area contributed by atoms with Crippen molar-refractivity contribution in [2.75, 3.05) is 32.8 Å². The molecule has 1 fully saturated rings. The van der Waals surface area contributed by atoms with Gasteiger partial charge in [-0.3, -0.25) is 9.59 Å². The van der Waals surface area contributed by atoms with Crippen molar-refractivity contribution in [2.45, 2.75) is 38.0 Å². The first-order valence-corrected chi connectivity index (χ1v) is 12.2. The fourth-order valence-electron chi connectivity index (χ4n) is 3.95. The Morgan fingerprint density at radius 2 is 1.66 bits per heavy atom. The van der Waals surface area contributed by atoms with Crippen molar-refractivity contribution in [1.29, 1.82) is 0 Å². The number of carbonyl (C=O) groups excluding carboxylic acids is 2. The molecule has 0 aromatic heterocycles. The molecule has 1 amide bonds. The fraction of sp³-hybridized carbons (Fsp3) is 0.417. The molecule has 172 valence electrons. The van der Waals surface area contributed by atoms with Crippen LogP contribution in [0.1, 0.15) is 36.0 Å². The van der Waals surface area contributed by atoms with Crippen LogP contribution >= 0.6 is 0 Å². The molecule has 1 atom stereocenters. The minimum Gasteiger partial charge on any atom is -0.455 e. The summed E-state index contributed by atoms with van der Waals surface area (Å²) in [6, 6.07) is 14.6. The minimum absolute atomic E-state index is 0.205. The van der Waals surface area contributed by atoms with E-state index in [0.29, 0.717) is 16.9 Å². The zero-order valence-electron chi connectivity index (χ0n) is 18.8. The van der Waals surface area contributed by atoms with Crippen LogP contribution in [0.25, 0.3) is 0 Å². The number of benzene rings is 2. The Kier molecular flexibility index (Phi) is 7.69. The van der Waals surface area contributed by atoms with Crippen molar-refractivity contribution in [3.8, 4) is 0 Å². The Balaban J connectivity index is 1.54. The Labute approximate surface area is 190 Å². The fourth-order valence-corrected chi connectivity index (χ4v) is 5.58. The van der Waals surface area contributed by atoms with E-state index in [1.807, 2.05) is 50.2 Å². The number of hydrogen-bond donors (Lipinski definition) is 0. The van der Waals surface area contributed by atoms with E-state index in [0.717, 1.165) is 11.1 Å². The van der Waals surface area contributed by atoms with Gasteiger partial charge < -0.3 is 9.64 Å². The molecular formula is C24H30N2O5S. The van der Waals surface area contributed by atoms with E-state index in [1.165, 1.54) is 4.31 Å². The number of piperazine rings is 1. The lowest BCUT2D eigenvalue weighted by Gasteiger charge is -2.34. The number of ether oxygens (including phenoxy) is 1. The summed E-state index contributed by atoms with van der Waals surface area (Å²) in [7, 11) is -3.62. The molecule has 0 unspecified atom stereocenters. The van der Waals surface area contributed by atoms with Crippen LogP contribution < -0.4 is 0 Å². The molecule has 1 saturated heterocycles. The normalized spacial score (nSPS) is 15.9. The predicted molar refractivity (Wildman–Crippen MR) is 122 cm³/mol. The quantitative estimate of drug-likeness (QED) is 0.596. The average molecular weight is 459 g/mol. The Bertz CT molecular complexity index is 1060. The molecule has 7 nitrogen and oxygen atoms in total. The van der Waals surface area contributed by atoms with Crippen LogP contribution in [0.4, 0.5) is 0 Å². The summed E-state index contributed by atoms with van der Waals surface area (Å²) < 4.78 is 32.7. The van der Waals surface area contributed by atoms with Gasteiger partial charge in [0, 0.05) is 26.2 Å². The van der Waals surface area contributed by atoms with E-state index in [-0.39, 0.29) is 38.7 Å². The Morgan fingerprint density at radius 3 is 2.25 bits per heavy atom. The molecule has 1 aliphatic rings. The van der Waals surface area contributed by atoms with E-state index in [9.17, 15) is 18.0 Å². The predicted octanol–water partition coefficient (Wildman–Crippen LogP) is 2.87. The largest absolute Gasteiger partial charge is 0.455 e. The van der Waals surface area contributed by atoms with Gasteiger partial charge in [-0.2, -0.15) is 4.31 Å². The van der Waals surface area contributed by atoms with Crippen LogP contribution in [0, 0.1) is 13.8 Å². The number of sulfonamides is 1. The molecule has 2 aromatic carbocycles. The highest BCUT2D eigenvalue weighted by atomic mass is 32.2. The third kappa shape index (κ3) is 5.37. The molecule has 0 bridgehead atoms. The zero-order chi connectivity index (χ0) is 23.3. The summed E-state index contributed by atoms with van der Waals surface area (Å²) >= 11 is 0. The van der Waals surface area contributed by atoms with E-state index in [1.54, 1.807) is 24.0 Å². The van der Waals surface area contributed by atoms with Crippen LogP contribution in [-0.4, -0.2) is 62.3 Å². The lowest BCUT2D eigenvalue weighted by atomic mass is 9.97. The molecule has 8 heteroatoms. The maximum atomic E-state index is 13.0. The minimum atomic E-state index is -3.62. The van der Waals surface area contributed by atoms with Crippen molar-refractivity contribution in [3.05, 3.63) is 65.2 Å². The van der Waals surface area contributed by atoms with Gasteiger partial charge in [0.2, 0.25) is 10.0 Å². The van der Waals surface area contributed by atoms with Crippen LogP contribution in [0.3, 0.4) is 0 Å². The van der Waals surface area contributed by atoms with Crippen molar-refractivity contribution >= 4 is 21.9 Å². The lowest BCUT2D eigenvalue weighted by Crippen LogP contribution is -2.51. The number of nitrogens with zero attached hydrogens (tertiary/aromatic N) is 2. The maximum Gasteiger partial charge on any atom is 0.313 e. The zero-order valence-corrected chi connectivity index (χ0v) is 19.6. The number of hydrogen-bond acceptors (Lipinski definition) is 5. The number of esters is 1. The molecule has 0 saturated carbocycles. The second-order valence-electron chi connectivity index (χ2n) is 8.03. The SMILES string of the molecule is CC[C@@H](C(=O)OCC(=O)N1CCN(S(=O)(=O)c2ccc(C)cc2C)CC1)c1ccccc1. The van der Waals surface area contributed by atoms with Crippen molar-refractivity contribution in [3.63, 3.8) is 0 Å².